The van der Waals surface area contributed by atoms with Gasteiger partial charge in [-0.1, -0.05) is 12.2 Å². The third-order valence-corrected chi connectivity index (χ3v) is 4.28. The van der Waals surface area contributed by atoms with Gasteiger partial charge in [0.15, 0.2) is 0 Å². The minimum Gasteiger partial charge on any atom is -0.465 e. The second-order valence-corrected chi connectivity index (χ2v) is 5.36. The summed E-state index contributed by atoms with van der Waals surface area (Å²) in [5.41, 5.74) is -0.217. The molecule has 0 saturated carbocycles. The zero-order valence-electron chi connectivity index (χ0n) is 10.8. The number of nitrogens with zero attached hydrogens (tertiary/aromatic N) is 2. The van der Waals surface area contributed by atoms with Gasteiger partial charge in [-0.3, -0.25) is 9.59 Å². The maximum absolute atomic E-state index is 12.7. The first-order valence-corrected chi connectivity index (χ1v) is 6.55. The zero-order valence-corrected chi connectivity index (χ0v) is 10.8. The van der Waals surface area contributed by atoms with Crippen LogP contribution < -0.4 is 11.1 Å². The van der Waals surface area contributed by atoms with Crippen LogP contribution in [0, 0.1) is 13.8 Å². The lowest BCUT2D eigenvalue weighted by molar-refractivity contribution is 0.249. The summed E-state index contributed by atoms with van der Waals surface area (Å²) in [6.07, 6.45) is 5.90. The summed E-state index contributed by atoms with van der Waals surface area (Å²) in [6.45, 7) is 3.48. The molecule has 0 N–H and O–H groups in total. The second kappa shape index (κ2) is 3.29. The normalized spacial score (nSPS) is 24.1. The van der Waals surface area contributed by atoms with Crippen LogP contribution in [0.4, 0.5) is 0 Å². The summed E-state index contributed by atoms with van der Waals surface area (Å²) in [5, 5.41) is 0.888. The van der Waals surface area contributed by atoms with Crippen molar-refractivity contribution in [1.82, 2.24) is 9.36 Å². The van der Waals surface area contributed by atoms with Crippen LogP contribution >= 0.6 is 0 Å². The lowest BCUT2D eigenvalue weighted by Gasteiger charge is -2.36. The van der Waals surface area contributed by atoms with Gasteiger partial charge in [0.25, 0.3) is 11.1 Å². The van der Waals surface area contributed by atoms with Crippen molar-refractivity contribution in [2.45, 2.75) is 38.8 Å². The van der Waals surface area contributed by atoms with Gasteiger partial charge in [0.2, 0.25) is 0 Å². The molecular weight excluding hydrogens is 244 g/mol. The van der Waals surface area contributed by atoms with Gasteiger partial charge in [0.05, 0.1) is 22.9 Å². The van der Waals surface area contributed by atoms with E-state index in [1.807, 2.05) is 12.2 Å². The molecular formula is C14H14N2O3. The molecule has 0 saturated heterocycles. The molecule has 2 aromatic heterocycles. The quantitative estimate of drug-likeness (QED) is 0.677. The van der Waals surface area contributed by atoms with E-state index in [0.29, 0.717) is 22.3 Å². The molecule has 1 aliphatic carbocycles. The van der Waals surface area contributed by atoms with Crippen LogP contribution in [0.5, 0.6) is 0 Å². The van der Waals surface area contributed by atoms with E-state index in [9.17, 15) is 9.59 Å². The van der Waals surface area contributed by atoms with Gasteiger partial charge < -0.3 is 4.42 Å². The molecule has 2 bridgehead atoms. The van der Waals surface area contributed by atoms with Gasteiger partial charge in [-0.05, 0) is 26.7 Å². The number of hydrogen-bond acceptors (Lipinski definition) is 3. The van der Waals surface area contributed by atoms with Crippen LogP contribution in [0.15, 0.2) is 26.2 Å². The van der Waals surface area contributed by atoms with E-state index in [0.717, 1.165) is 12.8 Å². The van der Waals surface area contributed by atoms with Gasteiger partial charge >= 0.3 is 0 Å². The summed E-state index contributed by atoms with van der Waals surface area (Å²) < 4.78 is 8.71. The topological polar surface area (TPSA) is 57.1 Å². The smallest absolute Gasteiger partial charge is 0.277 e. The molecule has 3 aliphatic rings. The Morgan fingerprint density at radius 1 is 0.947 bits per heavy atom. The summed E-state index contributed by atoms with van der Waals surface area (Å²) >= 11 is 0. The van der Waals surface area contributed by atoms with E-state index in [4.69, 9.17) is 4.42 Å². The highest BCUT2D eigenvalue weighted by molar-refractivity contribution is 5.85. The van der Waals surface area contributed by atoms with Crippen molar-refractivity contribution in [2.24, 2.45) is 0 Å². The lowest BCUT2D eigenvalue weighted by atomic mass is 9.95. The number of furan rings is 1. The van der Waals surface area contributed by atoms with Crippen LogP contribution in [0.2, 0.25) is 0 Å². The number of aryl methyl sites for hydroxylation is 2. The van der Waals surface area contributed by atoms with Crippen LogP contribution in [0.25, 0.3) is 10.8 Å². The average molecular weight is 258 g/mol. The highest BCUT2D eigenvalue weighted by atomic mass is 16.3. The molecule has 19 heavy (non-hydrogen) atoms. The summed E-state index contributed by atoms with van der Waals surface area (Å²) in [4.78, 5) is 25.3. The van der Waals surface area contributed by atoms with Crippen molar-refractivity contribution >= 4 is 10.8 Å². The molecule has 5 rings (SSSR count). The zero-order chi connectivity index (χ0) is 13.3. The van der Waals surface area contributed by atoms with E-state index in [1.165, 1.54) is 0 Å². The van der Waals surface area contributed by atoms with Crippen molar-refractivity contribution in [3.05, 3.63) is 44.4 Å². The first-order chi connectivity index (χ1) is 9.09. The predicted molar refractivity (Wildman–Crippen MR) is 70.7 cm³/mol. The van der Waals surface area contributed by atoms with E-state index in [1.54, 1.807) is 23.2 Å². The maximum Gasteiger partial charge on any atom is 0.277 e. The number of aromatic nitrogens is 2. The molecule has 2 aromatic rings. The molecule has 98 valence electrons. The van der Waals surface area contributed by atoms with Crippen LogP contribution in [-0.4, -0.2) is 9.36 Å². The first kappa shape index (κ1) is 10.8. The molecule has 0 amide bonds. The third kappa shape index (κ3) is 1.15. The molecule has 0 spiro atoms. The second-order valence-electron chi connectivity index (χ2n) is 5.36. The van der Waals surface area contributed by atoms with E-state index in [2.05, 4.69) is 0 Å². The van der Waals surface area contributed by atoms with Crippen molar-refractivity contribution in [3.63, 3.8) is 0 Å². The molecule has 0 aromatic carbocycles. The fourth-order valence-corrected chi connectivity index (χ4v) is 3.44. The lowest BCUT2D eigenvalue weighted by Crippen LogP contribution is -2.46. The van der Waals surface area contributed by atoms with Gasteiger partial charge in [-0.15, -0.1) is 0 Å². The van der Waals surface area contributed by atoms with Crippen LogP contribution in [-0.2, 0) is 0 Å². The van der Waals surface area contributed by atoms with Crippen molar-refractivity contribution in [1.29, 1.82) is 0 Å². The summed E-state index contributed by atoms with van der Waals surface area (Å²) in [7, 11) is 0. The van der Waals surface area contributed by atoms with E-state index >= 15 is 0 Å². The van der Waals surface area contributed by atoms with E-state index in [-0.39, 0.29) is 23.2 Å². The molecule has 2 aliphatic heterocycles. The predicted octanol–water partition coefficient (Wildman–Crippen LogP) is 1.82. The van der Waals surface area contributed by atoms with Gasteiger partial charge in [-0.25, -0.2) is 9.36 Å². The fraction of sp³-hybridized carbons (Fsp3) is 0.429. The highest BCUT2D eigenvalue weighted by Gasteiger charge is 2.32. The number of rotatable bonds is 0. The first-order valence-electron chi connectivity index (χ1n) is 6.55. The minimum atomic E-state index is -0.108. The Kier molecular flexibility index (Phi) is 1.88. The summed E-state index contributed by atoms with van der Waals surface area (Å²) in [6, 6.07) is 0.00779. The van der Waals surface area contributed by atoms with Crippen molar-refractivity contribution in [2.75, 3.05) is 0 Å². The van der Waals surface area contributed by atoms with E-state index < -0.39 is 0 Å². The Hall–Kier alpha value is -2.04. The number of allylic oxidation sites excluding steroid dienone is 2. The van der Waals surface area contributed by atoms with Crippen LogP contribution in [0.3, 0.4) is 0 Å². The van der Waals surface area contributed by atoms with Gasteiger partial charge in [-0.2, -0.15) is 0 Å². The van der Waals surface area contributed by atoms with Gasteiger partial charge in [0.1, 0.15) is 11.5 Å². The molecule has 5 heteroatoms. The Bertz CT molecular complexity index is 782. The SMILES string of the molecule is Cc1oc(C)c2c(=O)n3n(c(=O)c12)[C@@H]1C=C[C@H]3CC1. The molecule has 4 heterocycles. The highest BCUT2D eigenvalue weighted by Crippen LogP contribution is 2.34. The molecule has 5 nitrogen and oxygen atoms in total. The molecule has 2 atom stereocenters. The monoisotopic (exact) mass is 258 g/mol. The van der Waals surface area contributed by atoms with Crippen molar-refractivity contribution in [3.8, 4) is 0 Å². The minimum absolute atomic E-state index is 0.00389. The Morgan fingerprint density at radius 3 is 1.74 bits per heavy atom. The maximum atomic E-state index is 12.7. The van der Waals surface area contributed by atoms with Crippen molar-refractivity contribution < 1.29 is 4.42 Å². The fourth-order valence-electron chi connectivity index (χ4n) is 3.44. The molecule has 0 radical (unpaired) electrons. The molecule has 0 unspecified atom stereocenters. The average Bonchev–Trinajstić information content (AvgIpc) is 2.72. The standard InChI is InChI=1S/C14H14N2O3/c1-7-11-12(8(2)19-7)14(18)16-10-5-3-9(4-6-10)15(16)13(11)17/h3,5,9-10H,4,6H2,1-2H3/t9-,10+. The largest absolute Gasteiger partial charge is 0.465 e. The third-order valence-electron chi connectivity index (χ3n) is 4.28. The summed E-state index contributed by atoms with van der Waals surface area (Å²) in [5.74, 6) is 1.08. The Morgan fingerprint density at radius 2 is 1.37 bits per heavy atom. The Balaban J connectivity index is 2.29. The van der Waals surface area contributed by atoms with Gasteiger partial charge in [0, 0.05) is 0 Å². The molecule has 0 fully saturated rings. The Labute approximate surface area is 108 Å². The van der Waals surface area contributed by atoms with Crippen LogP contribution in [0.1, 0.15) is 36.4 Å². The number of fused-ring (bicyclic) bond motifs is 2. The number of hydrogen-bond donors (Lipinski definition) is 0.